The Kier molecular flexibility index (Phi) is 4.07. The minimum Gasteiger partial charge on any atom is -0.285 e. The van der Waals surface area contributed by atoms with E-state index in [4.69, 9.17) is 11.6 Å². The first-order chi connectivity index (χ1) is 10.3. The normalized spacial score (nSPS) is 12.3. The quantitative estimate of drug-likeness (QED) is 0.714. The van der Waals surface area contributed by atoms with Crippen LogP contribution in [0.4, 0.5) is 0 Å². The molecule has 1 atom stereocenters. The summed E-state index contributed by atoms with van der Waals surface area (Å²) >= 11 is 5.96. The van der Waals surface area contributed by atoms with E-state index < -0.39 is 0 Å². The van der Waals surface area contributed by atoms with Crippen LogP contribution in [0.5, 0.6) is 0 Å². The molecule has 0 saturated heterocycles. The third-order valence-electron chi connectivity index (χ3n) is 3.71. The number of rotatable bonds is 4. The molecule has 0 amide bonds. The first-order valence-electron chi connectivity index (χ1n) is 6.92. The lowest BCUT2D eigenvalue weighted by molar-refractivity contribution is 0.827. The number of halogens is 1. The molecule has 1 N–H and O–H groups in total. The van der Waals surface area contributed by atoms with Gasteiger partial charge in [-0.2, -0.15) is 5.10 Å². The number of hydrogen-bond donors (Lipinski definition) is 1. The van der Waals surface area contributed by atoms with Crippen molar-refractivity contribution in [1.29, 1.82) is 0 Å². The highest BCUT2D eigenvalue weighted by Gasteiger charge is 2.12. The van der Waals surface area contributed by atoms with Gasteiger partial charge in [0.1, 0.15) is 0 Å². The molecule has 0 bridgehead atoms. The van der Waals surface area contributed by atoms with Crippen LogP contribution in [0.1, 0.15) is 23.5 Å². The Hall–Kier alpha value is -2.06. The third kappa shape index (κ3) is 3.01. The summed E-state index contributed by atoms with van der Waals surface area (Å²) < 4.78 is 0. The van der Waals surface area contributed by atoms with Crippen molar-refractivity contribution in [3.63, 3.8) is 0 Å². The molecule has 1 heterocycles. The average molecular weight is 296 g/mol. The predicted octanol–water partition coefficient (Wildman–Crippen LogP) is 5.09. The van der Waals surface area contributed by atoms with Gasteiger partial charge in [-0.1, -0.05) is 54.9 Å². The van der Waals surface area contributed by atoms with Crippen LogP contribution in [-0.4, -0.2) is 10.2 Å². The molecule has 21 heavy (non-hydrogen) atoms. The molecule has 3 aromatic rings. The van der Waals surface area contributed by atoms with Crippen LogP contribution in [0, 0.1) is 6.92 Å². The highest BCUT2D eigenvalue weighted by molar-refractivity contribution is 6.30. The number of nitrogens with one attached hydrogen (secondary N) is 1. The van der Waals surface area contributed by atoms with Gasteiger partial charge in [0.25, 0.3) is 0 Å². The molecule has 3 heteroatoms. The van der Waals surface area contributed by atoms with Gasteiger partial charge >= 0.3 is 0 Å². The molecule has 2 nitrogen and oxygen atoms in total. The summed E-state index contributed by atoms with van der Waals surface area (Å²) in [7, 11) is 0. The van der Waals surface area contributed by atoms with E-state index in [9.17, 15) is 0 Å². The van der Waals surface area contributed by atoms with Crippen LogP contribution >= 0.6 is 11.6 Å². The fraction of sp³-hybridized carbons (Fsp3) is 0.111. The van der Waals surface area contributed by atoms with Crippen LogP contribution in [0.25, 0.3) is 11.1 Å². The predicted molar refractivity (Wildman–Crippen MR) is 87.3 cm³/mol. The minimum absolute atomic E-state index is 0.292. The Morgan fingerprint density at radius 3 is 2.10 bits per heavy atom. The summed E-state index contributed by atoms with van der Waals surface area (Å²) in [5, 5.41) is 7.58. The molecule has 0 aliphatic carbocycles. The second-order valence-electron chi connectivity index (χ2n) is 5.00. The second-order valence-corrected chi connectivity index (χ2v) is 5.44. The lowest BCUT2D eigenvalue weighted by Crippen LogP contribution is -1.99. The molecule has 0 spiro atoms. The topological polar surface area (TPSA) is 28.7 Å². The third-order valence-corrected chi connectivity index (χ3v) is 3.96. The summed E-state index contributed by atoms with van der Waals surface area (Å²) in [4.78, 5) is 0. The Labute approximate surface area is 129 Å². The SMILES string of the molecule is [CH2]CC(c1ccc(Cl)cc1)c1ccc(-c2cn[nH]c2)cc1. The van der Waals surface area contributed by atoms with Crippen molar-refractivity contribution in [3.8, 4) is 11.1 Å². The lowest BCUT2D eigenvalue weighted by atomic mass is 9.88. The molecule has 1 radical (unpaired) electrons. The molecule has 0 fully saturated rings. The number of aromatic nitrogens is 2. The average Bonchev–Trinajstić information content (AvgIpc) is 3.05. The summed E-state index contributed by atoms with van der Waals surface area (Å²) in [5.74, 6) is 0.292. The van der Waals surface area contributed by atoms with Crippen molar-refractivity contribution in [2.24, 2.45) is 0 Å². The maximum atomic E-state index is 5.96. The summed E-state index contributed by atoms with van der Waals surface area (Å²) in [6.07, 6.45) is 4.53. The highest BCUT2D eigenvalue weighted by Crippen LogP contribution is 2.30. The monoisotopic (exact) mass is 295 g/mol. The van der Waals surface area contributed by atoms with Gasteiger partial charge in [-0.15, -0.1) is 0 Å². The van der Waals surface area contributed by atoms with E-state index in [0.29, 0.717) is 5.92 Å². The van der Waals surface area contributed by atoms with Gasteiger partial charge in [0.15, 0.2) is 0 Å². The first kappa shape index (κ1) is 13.9. The van der Waals surface area contributed by atoms with Crippen LogP contribution < -0.4 is 0 Å². The maximum absolute atomic E-state index is 5.96. The van der Waals surface area contributed by atoms with Crippen molar-refractivity contribution >= 4 is 11.6 Å². The number of nitrogens with zero attached hydrogens (tertiary/aromatic N) is 1. The van der Waals surface area contributed by atoms with Gasteiger partial charge in [-0.05, 0) is 35.2 Å². The van der Waals surface area contributed by atoms with Crippen molar-refractivity contribution < 1.29 is 0 Å². The molecule has 0 aliphatic heterocycles. The highest BCUT2D eigenvalue weighted by atomic mass is 35.5. The zero-order valence-electron chi connectivity index (χ0n) is 11.6. The Morgan fingerprint density at radius 2 is 1.57 bits per heavy atom. The van der Waals surface area contributed by atoms with Crippen LogP contribution in [0.15, 0.2) is 60.9 Å². The molecule has 3 rings (SSSR count). The Morgan fingerprint density at radius 1 is 0.952 bits per heavy atom. The van der Waals surface area contributed by atoms with E-state index in [2.05, 4.69) is 53.5 Å². The van der Waals surface area contributed by atoms with Crippen LogP contribution in [-0.2, 0) is 0 Å². The van der Waals surface area contributed by atoms with E-state index in [1.165, 1.54) is 11.1 Å². The molecule has 105 valence electrons. The first-order valence-corrected chi connectivity index (χ1v) is 7.29. The van der Waals surface area contributed by atoms with Crippen molar-refractivity contribution in [2.75, 3.05) is 0 Å². The van der Waals surface area contributed by atoms with E-state index >= 15 is 0 Å². The molecule has 0 saturated carbocycles. The van der Waals surface area contributed by atoms with Crippen molar-refractivity contribution in [1.82, 2.24) is 10.2 Å². The molecule has 1 aromatic heterocycles. The summed E-state index contributed by atoms with van der Waals surface area (Å²) in [6.45, 7) is 4.09. The van der Waals surface area contributed by atoms with E-state index in [-0.39, 0.29) is 0 Å². The maximum Gasteiger partial charge on any atom is 0.0565 e. The van der Waals surface area contributed by atoms with Crippen LogP contribution in [0.2, 0.25) is 5.02 Å². The Balaban J connectivity index is 1.89. The molecular weight excluding hydrogens is 280 g/mol. The summed E-state index contributed by atoms with van der Waals surface area (Å²) in [5.41, 5.74) is 4.76. The fourth-order valence-corrected chi connectivity index (χ4v) is 2.66. The minimum atomic E-state index is 0.292. The van der Waals surface area contributed by atoms with Gasteiger partial charge in [-0.3, -0.25) is 5.10 Å². The zero-order valence-corrected chi connectivity index (χ0v) is 12.3. The van der Waals surface area contributed by atoms with Gasteiger partial charge in [0.05, 0.1) is 6.20 Å². The van der Waals surface area contributed by atoms with Crippen LogP contribution in [0.3, 0.4) is 0 Å². The van der Waals surface area contributed by atoms with Gasteiger partial charge in [0.2, 0.25) is 0 Å². The molecule has 1 unspecified atom stereocenters. The standard InChI is InChI=1S/C18H16ClN2/c1-2-18(15-7-9-17(19)10-8-15)14-5-3-13(4-6-14)16-11-20-21-12-16/h3-12,18H,1-2H2,(H,20,21). The molecular formula is C18H16ClN2. The van der Waals surface area contributed by atoms with Crippen molar-refractivity contribution in [3.05, 3.63) is 84.0 Å². The molecule has 2 aromatic carbocycles. The van der Waals surface area contributed by atoms with Gasteiger partial charge in [-0.25, -0.2) is 0 Å². The zero-order chi connectivity index (χ0) is 14.7. The number of aromatic amines is 1. The lowest BCUT2D eigenvalue weighted by Gasteiger charge is -2.16. The Bertz CT molecular complexity index is 685. The fourth-order valence-electron chi connectivity index (χ4n) is 2.54. The number of hydrogen-bond acceptors (Lipinski definition) is 1. The second kappa shape index (κ2) is 6.15. The van der Waals surface area contributed by atoms with E-state index in [1.807, 2.05) is 24.5 Å². The number of benzene rings is 2. The van der Waals surface area contributed by atoms with Crippen molar-refractivity contribution in [2.45, 2.75) is 12.3 Å². The molecule has 0 aliphatic rings. The largest absolute Gasteiger partial charge is 0.285 e. The smallest absolute Gasteiger partial charge is 0.0565 e. The van der Waals surface area contributed by atoms with E-state index in [1.54, 1.807) is 0 Å². The van der Waals surface area contributed by atoms with E-state index in [0.717, 1.165) is 22.6 Å². The van der Waals surface area contributed by atoms with Gasteiger partial charge in [0, 0.05) is 22.7 Å². The van der Waals surface area contributed by atoms with Gasteiger partial charge < -0.3 is 0 Å². The summed E-state index contributed by atoms with van der Waals surface area (Å²) in [6, 6.07) is 16.6. The number of H-pyrrole nitrogens is 1.